The van der Waals surface area contributed by atoms with Gasteiger partial charge in [-0.3, -0.25) is 0 Å². The van der Waals surface area contributed by atoms with E-state index in [2.05, 4.69) is 185 Å². The Bertz CT molecular complexity index is 2400. The zero-order valence-corrected chi connectivity index (χ0v) is 29.0. The van der Waals surface area contributed by atoms with Gasteiger partial charge in [-0.15, -0.1) is 0 Å². The highest BCUT2D eigenvalue weighted by atomic mass is 15.1. The Labute approximate surface area is 284 Å². The summed E-state index contributed by atoms with van der Waals surface area (Å²) in [5.74, 6) is 0. The minimum atomic E-state index is -0.184. The summed E-state index contributed by atoms with van der Waals surface area (Å²) in [5, 5.41) is 2.65. The molecule has 236 valence electrons. The fourth-order valence-electron chi connectivity index (χ4n) is 8.59. The summed E-state index contributed by atoms with van der Waals surface area (Å²) in [6.45, 7) is 16.5. The summed E-state index contributed by atoms with van der Waals surface area (Å²) in [4.78, 5) is 2.45. The number of aromatic nitrogens is 1. The van der Waals surface area contributed by atoms with Gasteiger partial charge in [0.1, 0.15) is 0 Å². The second-order valence-electron chi connectivity index (χ2n) is 15.9. The number of rotatable bonds is 4. The number of fused-ring (bicyclic) bond motifs is 1. The van der Waals surface area contributed by atoms with Crippen molar-refractivity contribution in [1.29, 1.82) is 0 Å². The van der Waals surface area contributed by atoms with Gasteiger partial charge in [0, 0.05) is 38.7 Å². The normalized spacial score (nSPS) is 15.3. The van der Waals surface area contributed by atoms with Crippen molar-refractivity contribution in [2.24, 2.45) is 0 Å². The van der Waals surface area contributed by atoms with Gasteiger partial charge < -0.3 is 9.47 Å². The van der Waals surface area contributed by atoms with E-state index in [0.29, 0.717) is 0 Å². The van der Waals surface area contributed by atoms with Gasteiger partial charge in [-0.05, 0) is 80.8 Å². The van der Waals surface area contributed by atoms with Crippen LogP contribution < -0.4 is 4.90 Å². The fraction of sp³-hybridized carbons (Fsp3) is 0.217. The highest BCUT2D eigenvalue weighted by Crippen LogP contribution is 2.56. The molecular formula is C46H42N2. The first kappa shape index (κ1) is 29.1. The van der Waals surface area contributed by atoms with Crippen LogP contribution >= 0.6 is 0 Å². The molecule has 0 spiro atoms. The summed E-state index contributed by atoms with van der Waals surface area (Å²) < 4.78 is 2.61. The molecule has 0 saturated carbocycles. The summed E-state index contributed by atoms with van der Waals surface area (Å²) in [7, 11) is 0. The molecule has 0 fully saturated rings. The van der Waals surface area contributed by atoms with Crippen molar-refractivity contribution >= 4 is 38.9 Å². The third kappa shape index (κ3) is 3.92. The van der Waals surface area contributed by atoms with Crippen molar-refractivity contribution in [3.8, 4) is 16.8 Å². The molecule has 0 unspecified atom stereocenters. The number of anilines is 3. The van der Waals surface area contributed by atoms with E-state index in [1.165, 1.54) is 72.1 Å². The number of hydrogen-bond donors (Lipinski definition) is 0. The maximum absolute atomic E-state index is 2.61. The molecule has 2 nitrogen and oxygen atoms in total. The topological polar surface area (TPSA) is 8.17 Å². The van der Waals surface area contributed by atoms with Crippen LogP contribution in [0.5, 0.6) is 0 Å². The van der Waals surface area contributed by atoms with E-state index >= 15 is 0 Å². The quantitative estimate of drug-likeness (QED) is 0.190. The lowest BCUT2D eigenvalue weighted by atomic mass is 9.68. The van der Waals surface area contributed by atoms with E-state index in [-0.39, 0.29) is 16.2 Å². The standard InChI is InChI=1S/C46H42N2/c1-44(2,3)31-21-25-33(26-22-31)47(32-23-19-30(20-24-32)29-13-9-8-10-14-29)34-27-36-35-15-11-16-37-41(35)48-42(36)40(28-34)46(6,7)39-18-12-17-38(43(39)48)45(37,4)5/h8-28H,1-7H3. The Hall–Kier alpha value is -5.08. The van der Waals surface area contributed by atoms with Gasteiger partial charge in [0.05, 0.1) is 16.7 Å². The zero-order valence-electron chi connectivity index (χ0n) is 29.0. The minimum Gasteiger partial charge on any atom is -0.310 e. The second kappa shape index (κ2) is 9.73. The van der Waals surface area contributed by atoms with Crippen molar-refractivity contribution in [2.75, 3.05) is 4.90 Å². The van der Waals surface area contributed by atoms with Crippen molar-refractivity contribution in [2.45, 2.75) is 64.7 Å². The highest BCUT2D eigenvalue weighted by Gasteiger charge is 2.43. The Morgan fingerprint density at radius 1 is 0.479 bits per heavy atom. The average molecular weight is 623 g/mol. The monoisotopic (exact) mass is 622 g/mol. The Morgan fingerprint density at radius 2 is 1.02 bits per heavy atom. The molecular weight excluding hydrogens is 581 g/mol. The van der Waals surface area contributed by atoms with Crippen LogP contribution in [-0.4, -0.2) is 4.57 Å². The summed E-state index contributed by atoms with van der Waals surface area (Å²) in [5.41, 5.74) is 16.8. The third-order valence-corrected chi connectivity index (χ3v) is 11.3. The van der Waals surface area contributed by atoms with Gasteiger partial charge in [-0.25, -0.2) is 0 Å². The molecule has 0 saturated heterocycles. The molecule has 9 rings (SSSR count). The molecule has 6 aromatic carbocycles. The molecule has 0 N–H and O–H groups in total. The molecule has 2 aliphatic rings. The van der Waals surface area contributed by atoms with Crippen LogP contribution in [0.1, 0.15) is 76.3 Å². The number of benzene rings is 6. The number of para-hydroxylation sites is 2. The smallest absolute Gasteiger partial charge is 0.0583 e. The second-order valence-corrected chi connectivity index (χ2v) is 15.9. The van der Waals surface area contributed by atoms with E-state index in [9.17, 15) is 0 Å². The maximum Gasteiger partial charge on any atom is 0.0583 e. The van der Waals surface area contributed by atoms with E-state index < -0.39 is 0 Å². The third-order valence-electron chi connectivity index (χ3n) is 11.3. The first-order valence-corrected chi connectivity index (χ1v) is 17.3. The summed E-state index contributed by atoms with van der Waals surface area (Å²) >= 11 is 0. The lowest BCUT2D eigenvalue weighted by molar-refractivity contribution is 0.590. The summed E-state index contributed by atoms with van der Waals surface area (Å²) in [6.07, 6.45) is 0. The van der Waals surface area contributed by atoms with Crippen LogP contribution in [0, 0.1) is 0 Å². The van der Waals surface area contributed by atoms with Gasteiger partial charge in [0.15, 0.2) is 0 Å². The maximum atomic E-state index is 2.61. The average Bonchev–Trinajstić information content (AvgIpc) is 3.42. The van der Waals surface area contributed by atoms with Gasteiger partial charge >= 0.3 is 0 Å². The molecule has 1 aromatic heterocycles. The lowest BCUT2D eigenvalue weighted by Gasteiger charge is -2.42. The fourth-order valence-corrected chi connectivity index (χ4v) is 8.59. The molecule has 0 radical (unpaired) electrons. The molecule has 0 bridgehead atoms. The van der Waals surface area contributed by atoms with Crippen molar-refractivity contribution in [1.82, 2.24) is 4.57 Å². The van der Waals surface area contributed by atoms with Gasteiger partial charge in [-0.2, -0.15) is 0 Å². The predicted octanol–water partition coefficient (Wildman–Crippen LogP) is 12.5. The van der Waals surface area contributed by atoms with E-state index in [0.717, 1.165) is 11.4 Å². The Morgan fingerprint density at radius 3 is 1.67 bits per heavy atom. The molecule has 2 heteroatoms. The molecule has 2 aliphatic heterocycles. The van der Waals surface area contributed by atoms with Crippen LogP contribution in [0.2, 0.25) is 0 Å². The summed E-state index contributed by atoms with van der Waals surface area (Å²) in [6, 6.07) is 47.8. The minimum absolute atomic E-state index is 0.0830. The molecule has 0 amide bonds. The lowest BCUT2D eigenvalue weighted by Crippen LogP contribution is -2.33. The largest absolute Gasteiger partial charge is 0.310 e. The van der Waals surface area contributed by atoms with E-state index in [1.807, 2.05) is 0 Å². The van der Waals surface area contributed by atoms with E-state index in [4.69, 9.17) is 0 Å². The van der Waals surface area contributed by atoms with Crippen molar-refractivity contribution in [3.63, 3.8) is 0 Å². The first-order valence-electron chi connectivity index (χ1n) is 17.3. The van der Waals surface area contributed by atoms with Crippen LogP contribution in [0.15, 0.2) is 127 Å². The van der Waals surface area contributed by atoms with Crippen LogP contribution in [-0.2, 0) is 16.2 Å². The molecule has 48 heavy (non-hydrogen) atoms. The first-order chi connectivity index (χ1) is 23.0. The Balaban J connectivity index is 1.33. The van der Waals surface area contributed by atoms with E-state index in [1.54, 1.807) is 0 Å². The van der Waals surface area contributed by atoms with Crippen LogP contribution in [0.3, 0.4) is 0 Å². The predicted molar refractivity (Wildman–Crippen MR) is 204 cm³/mol. The zero-order chi connectivity index (χ0) is 33.2. The van der Waals surface area contributed by atoms with Crippen molar-refractivity contribution < 1.29 is 0 Å². The highest BCUT2D eigenvalue weighted by molar-refractivity contribution is 6.15. The molecule has 3 heterocycles. The van der Waals surface area contributed by atoms with Crippen LogP contribution in [0.4, 0.5) is 17.1 Å². The number of nitrogens with zero attached hydrogens (tertiary/aromatic N) is 2. The molecule has 0 atom stereocenters. The SMILES string of the molecule is CC(C)(C)c1ccc(N(c2ccc(-c3ccccc3)cc2)c2cc3c4c(c2)c2cccc5c2n4-c2c(cccc2C3(C)C)C5(C)C)cc1. The van der Waals surface area contributed by atoms with Gasteiger partial charge in [0.2, 0.25) is 0 Å². The molecule has 0 aliphatic carbocycles. The van der Waals surface area contributed by atoms with Crippen LogP contribution in [0.25, 0.3) is 38.6 Å². The van der Waals surface area contributed by atoms with Gasteiger partial charge in [0.25, 0.3) is 0 Å². The van der Waals surface area contributed by atoms with Crippen molar-refractivity contribution in [3.05, 3.63) is 155 Å². The molecule has 7 aromatic rings. The number of hydrogen-bond acceptors (Lipinski definition) is 1. The Kier molecular flexibility index (Phi) is 5.90. The van der Waals surface area contributed by atoms with Gasteiger partial charge in [-0.1, -0.05) is 139 Å².